The molecule has 1 aromatic heterocycles. The summed E-state index contributed by atoms with van der Waals surface area (Å²) >= 11 is 1.83. The van der Waals surface area contributed by atoms with Gasteiger partial charge in [-0.2, -0.15) is 0 Å². The monoisotopic (exact) mass is 196 g/mol. The Morgan fingerprint density at radius 3 is 3.00 bits per heavy atom. The van der Waals surface area contributed by atoms with Gasteiger partial charge in [-0.3, -0.25) is 4.98 Å². The van der Waals surface area contributed by atoms with E-state index < -0.39 is 0 Å². The maximum Gasteiger partial charge on any atom is 0.0638 e. The lowest BCUT2D eigenvalue weighted by molar-refractivity contribution is 0.787. The van der Waals surface area contributed by atoms with Crippen LogP contribution in [0.25, 0.3) is 0 Å². The Labute approximate surface area is 83.9 Å². The Bertz CT molecular complexity index is 263. The Morgan fingerprint density at radius 2 is 2.38 bits per heavy atom. The van der Waals surface area contributed by atoms with Crippen LogP contribution in [0.4, 0.5) is 5.69 Å². The molecule has 0 spiro atoms. The molecule has 2 nitrogen and oxygen atoms in total. The van der Waals surface area contributed by atoms with Crippen molar-refractivity contribution in [3.05, 3.63) is 18.5 Å². The Balaban J connectivity index is 2.58. The molecular weight excluding hydrogens is 180 g/mol. The molecule has 0 aliphatic rings. The van der Waals surface area contributed by atoms with Crippen LogP contribution in [0, 0.1) is 0 Å². The van der Waals surface area contributed by atoms with Crippen LogP contribution in [0.2, 0.25) is 0 Å². The summed E-state index contributed by atoms with van der Waals surface area (Å²) in [5.74, 6) is 0. The number of pyridine rings is 1. The number of thioether (sulfide) groups is 1. The number of hydrogen-bond donors (Lipinski definition) is 1. The second-order valence-electron chi connectivity index (χ2n) is 3.13. The van der Waals surface area contributed by atoms with Gasteiger partial charge in [-0.25, -0.2) is 0 Å². The normalized spacial score (nSPS) is 12.8. The van der Waals surface area contributed by atoms with E-state index in [1.807, 2.05) is 17.8 Å². The predicted molar refractivity (Wildman–Crippen MR) is 58.9 cm³/mol. The summed E-state index contributed by atoms with van der Waals surface area (Å²) in [6, 6.07) is 1.98. The summed E-state index contributed by atoms with van der Waals surface area (Å²) in [4.78, 5) is 5.11. The summed E-state index contributed by atoms with van der Waals surface area (Å²) in [5, 5.41) is 0.634. The third-order valence-electron chi connectivity index (χ3n) is 1.83. The molecule has 13 heavy (non-hydrogen) atoms. The van der Waals surface area contributed by atoms with Crippen LogP contribution in [0.1, 0.15) is 26.7 Å². The minimum atomic E-state index is 0.634. The fourth-order valence-corrected chi connectivity index (χ4v) is 2.30. The molecule has 1 unspecified atom stereocenters. The molecule has 2 N–H and O–H groups in total. The second-order valence-corrected chi connectivity index (χ2v) is 4.61. The van der Waals surface area contributed by atoms with Gasteiger partial charge in [0.15, 0.2) is 0 Å². The van der Waals surface area contributed by atoms with E-state index in [-0.39, 0.29) is 0 Å². The third kappa shape index (κ3) is 3.27. The Morgan fingerprint density at radius 1 is 1.62 bits per heavy atom. The molecule has 0 aliphatic heterocycles. The molecule has 0 bridgehead atoms. The zero-order chi connectivity index (χ0) is 9.68. The van der Waals surface area contributed by atoms with E-state index in [1.54, 1.807) is 12.4 Å². The van der Waals surface area contributed by atoms with E-state index in [4.69, 9.17) is 5.73 Å². The van der Waals surface area contributed by atoms with Gasteiger partial charge < -0.3 is 5.73 Å². The number of anilines is 1. The summed E-state index contributed by atoms with van der Waals surface area (Å²) in [6.45, 7) is 4.43. The van der Waals surface area contributed by atoms with Crippen molar-refractivity contribution < 1.29 is 0 Å². The SMILES string of the molecule is CCCC(C)Sc1ccncc1N. The molecule has 0 amide bonds. The average Bonchev–Trinajstić information content (AvgIpc) is 2.09. The van der Waals surface area contributed by atoms with Gasteiger partial charge in [-0.1, -0.05) is 20.3 Å². The van der Waals surface area contributed by atoms with Crippen LogP contribution in [0.5, 0.6) is 0 Å². The molecule has 1 aromatic rings. The molecule has 72 valence electrons. The van der Waals surface area contributed by atoms with Gasteiger partial charge in [0.1, 0.15) is 0 Å². The number of nitrogens with two attached hydrogens (primary N) is 1. The first-order chi connectivity index (χ1) is 6.24. The number of hydrogen-bond acceptors (Lipinski definition) is 3. The van der Waals surface area contributed by atoms with E-state index in [0.717, 1.165) is 10.6 Å². The summed E-state index contributed by atoms with van der Waals surface area (Å²) in [6.07, 6.45) is 5.95. The molecule has 0 fully saturated rings. The number of rotatable bonds is 4. The van der Waals surface area contributed by atoms with Crippen LogP contribution in [-0.4, -0.2) is 10.2 Å². The van der Waals surface area contributed by atoms with Crippen molar-refractivity contribution >= 4 is 17.4 Å². The lowest BCUT2D eigenvalue weighted by Crippen LogP contribution is -1.97. The molecule has 1 atom stereocenters. The quantitative estimate of drug-likeness (QED) is 0.752. The summed E-state index contributed by atoms with van der Waals surface area (Å²) in [7, 11) is 0. The molecule has 0 aliphatic carbocycles. The highest BCUT2D eigenvalue weighted by Crippen LogP contribution is 2.29. The van der Waals surface area contributed by atoms with Crippen LogP contribution in [0.15, 0.2) is 23.4 Å². The average molecular weight is 196 g/mol. The van der Waals surface area contributed by atoms with Crippen LogP contribution in [-0.2, 0) is 0 Å². The Kier molecular flexibility index (Phi) is 4.09. The number of aromatic nitrogens is 1. The van der Waals surface area contributed by atoms with Gasteiger partial charge in [0.2, 0.25) is 0 Å². The van der Waals surface area contributed by atoms with Crippen molar-refractivity contribution in [2.24, 2.45) is 0 Å². The van der Waals surface area contributed by atoms with Crippen molar-refractivity contribution in [3.8, 4) is 0 Å². The first-order valence-corrected chi connectivity index (χ1v) is 5.48. The van der Waals surface area contributed by atoms with E-state index in [1.165, 1.54) is 12.8 Å². The van der Waals surface area contributed by atoms with E-state index in [2.05, 4.69) is 18.8 Å². The first kappa shape index (κ1) is 10.4. The topological polar surface area (TPSA) is 38.9 Å². The van der Waals surface area contributed by atoms with E-state index in [9.17, 15) is 0 Å². The maximum atomic E-state index is 5.78. The Hall–Kier alpha value is -0.700. The van der Waals surface area contributed by atoms with Crippen molar-refractivity contribution in [3.63, 3.8) is 0 Å². The largest absolute Gasteiger partial charge is 0.397 e. The molecular formula is C10H16N2S. The zero-order valence-corrected chi connectivity index (χ0v) is 8.97. The van der Waals surface area contributed by atoms with Gasteiger partial charge in [0, 0.05) is 16.3 Å². The third-order valence-corrected chi connectivity index (χ3v) is 3.10. The van der Waals surface area contributed by atoms with Gasteiger partial charge in [0.25, 0.3) is 0 Å². The number of nitrogens with zero attached hydrogens (tertiary/aromatic N) is 1. The molecule has 0 saturated heterocycles. The van der Waals surface area contributed by atoms with Gasteiger partial charge >= 0.3 is 0 Å². The standard InChI is InChI=1S/C10H16N2S/c1-3-4-8(2)13-10-5-6-12-7-9(10)11/h5-8H,3-4,11H2,1-2H3. The summed E-state index contributed by atoms with van der Waals surface area (Å²) in [5.41, 5.74) is 6.57. The van der Waals surface area contributed by atoms with Gasteiger partial charge in [-0.05, 0) is 12.5 Å². The van der Waals surface area contributed by atoms with Crippen molar-refractivity contribution in [2.75, 3.05) is 5.73 Å². The molecule has 0 aromatic carbocycles. The molecule has 0 saturated carbocycles. The highest BCUT2D eigenvalue weighted by molar-refractivity contribution is 8.00. The predicted octanol–water partition coefficient (Wildman–Crippen LogP) is 2.94. The van der Waals surface area contributed by atoms with Gasteiger partial charge in [0.05, 0.1) is 11.9 Å². The second kappa shape index (κ2) is 5.12. The van der Waals surface area contributed by atoms with Crippen molar-refractivity contribution in [2.45, 2.75) is 36.8 Å². The fourth-order valence-electron chi connectivity index (χ4n) is 1.18. The van der Waals surface area contributed by atoms with Gasteiger partial charge in [-0.15, -0.1) is 11.8 Å². The highest BCUT2D eigenvalue weighted by atomic mass is 32.2. The summed E-state index contributed by atoms with van der Waals surface area (Å²) < 4.78 is 0. The molecule has 1 heterocycles. The van der Waals surface area contributed by atoms with Crippen molar-refractivity contribution in [1.82, 2.24) is 4.98 Å². The van der Waals surface area contributed by atoms with Crippen LogP contribution in [0.3, 0.4) is 0 Å². The first-order valence-electron chi connectivity index (χ1n) is 4.60. The maximum absolute atomic E-state index is 5.78. The zero-order valence-electron chi connectivity index (χ0n) is 8.16. The molecule has 0 radical (unpaired) electrons. The number of nitrogen functional groups attached to an aromatic ring is 1. The smallest absolute Gasteiger partial charge is 0.0638 e. The lowest BCUT2D eigenvalue weighted by Gasteiger charge is -2.10. The lowest BCUT2D eigenvalue weighted by atomic mass is 10.3. The van der Waals surface area contributed by atoms with E-state index in [0.29, 0.717) is 5.25 Å². The van der Waals surface area contributed by atoms with Crippen LogP contribution < -0.4 is 5.73 Å². The van der Waals surface area contributed by atoms with E-state index >= 15 is 0 Å². The molecule has 1 rings (SSSR count). The fraction of sp³-hybridized carbons (Fsp3) is 0.500. The van der Waals surface area contributed by atoms with Crippen LogP contribution >= 0.6 is 11.8 Å². The highest BCUT2D eigenvalue weighted by Gasteiger charge is 2.05. The minimum absolute atomic E-state index is 0.634. The minimum Gasteiger partial charge on any atom is -0.397 e. The van der Waals surface area contributed by atoms with Crippen molar-refractivity contribution in [1.29, 1.82) is 0 Å². The molecule has 3 heteroatoms.